The number of nitrogens with one attached hydrogen (secondary N) is 1. The van der Waals surface area contributed by atoms with E-state index >= 15 is 0 Å². The van der Waals surface area contributed by atoms with Gasteiger partial charge in [0.2, 0.25) is 5.91 Å². The van der Waals surface area contributed by atoms with Crippen LogP contribution in [0.25, 0.3) is 0 Å². The van der Waals surface area contributed by atoms with Gasteiger partial charge in [-0.1, -0.05) is 26.0 Å². The van der Waals surface area contributed by atoms with Crippen molar-refractivity contribution in [3.63, 3.8) is 0 Å². The molecular weight excluding hydrogens is 257 g/mol. The number of carbonyl (C=O) groups excluding carboxylic acids is 1. The van der Waals surface area contributed by atoms with Crippen LogP contribution < -0.4 is 11.1 Å². The van der Waals surface area contributed by atoms with Crippen molar-refractivity contribution in [2.24, 2.45) is 5.73 Å². The molecule has 1 amide bonds. The van der Waals surface area contributed by atoms with E-state index < -0.39 is 23.6 Å². The summed E-state index contributed by atoms with van der Waals surface area (Å²) in [6.07, 6.45) is -4.38. The molecule has 3 N–H and O–H groups in total. The van der Waals surface area contributed by atoms with Crippen LogP contribution in [0.2, 0.25) is 0 Å². The number of hydrogen-bond donors (Lipinski definition) is 2. The average molecular weight is 274 g/mol. The van der Waals surface area contributed by atoms with E-state index in [1.54, 1.807) is 0 Å². The number of carbonyl (C=O) groups is 1. The highest BCUT2D eigenvalue weighted by atomic mass is 19.4. The summed E-state index contributed by atoms with van der Waals surface area (Å²) in [6, 6.07) is 4.67. The van der Waals surface area contributed by atoms with Crippen LogP contribution in [0.4, 0.5) is 13.2 Å². The highest BCUT2D eigenvalue weighted by Crippen LogP contribution is 2.30. The van der Waals surface area contributed by atoms with Crippen molar-refractivity contribution in [3.8, 4) is 0 Å². The van der Waals surface area contributed by atoms with E-state index in [0.717, 1.165) is 12.1 Å². The Balaban J connectivity index is 2.89. The van der Waals surface area contributed by atoms with Gasteiger partial charge in [-0.15, -0.1) is 0 Å². The van der Waals surface area contributed by atoms with Crippen molar-refractivity contribution in [1.29, 1.82) is 0 Å². The molecule has 1 rings (SSSR count). The molecule has 0 radical (unpaired) electrons. The zero-order valence-corrected chi connectivity index (χ0v) is 10.8. The van der Waals surface area contributed by atoms with E-state index in [2.05, 4.69) is 5.32 Å². The standard InChI is InChI=1S/C13H17F3N2O/c1-8(2)18-7-11(12(17)19)9-3-5-10(6-4-9)13(14,15)16/h3-6,8,11,18H,7H2,1-2H3,(H2,17,19). The van der Waals surface area contributed by atoms with Gasteiger partial charge in [-0.3, -0.25) is 4.79 Å². The van der Waals surface area contributed by atoms with E-state index in [9.17, 15) is 18.0 Å². The normalized spacial score (nSPS) is 13.6. The Hall–Kier alpha value is -1.56. The third-order valence-electron chi connectivity index (χ3n) is 2.71. The number of amides is 1. The quantitative estimate of drug-likeness (QED) is 0.865. The average Bonchev–Trinajstić information content (AvgIpc) is 2.27. The van der Waals surface area contributed by atoms with Gasteiger partial charge in [0.05, 0.1) is 11.5 Å². The van der Waals surface area contributed by atoms with Crippen LogP contribution in [-0.4, -0.2) is 18.5 Å². The number of primary amides is 1. The zero-order chi connectivity index (χ0) is 14.6. The molecule has 0 spiro atoms. The molecule has 0 heterocycles. The molecule has 3 nitrogen and oxygen atoms in total. The fourth-order valence-corrected chi connectivity index (χ4v) is 1.64. The molecule has 1 atom stereocenters. The fourth-order valence-electron chi connectivity index (χ4n) is 1.64. The van der Waals surface area contributed by atoms with Crippen molar-refractivity contribution in [1.82, 2.24) is 5.32 Å². The third kappa shape index (κ3) is 4.55. The monoisotopic (exact) mass is 274 g/mol. The molecule has 1 aromatic rings. The molecule has 0 aliphatic heterocycles. The molecule has 1 aromatic carbocycles. The lowest BCUT2D eigenvalue weighted by atomic mass is 9.97. The van der Waals surface area contributed by atoms with Crippen molar-refractivity contribution < 1.29 is 18.0 Å². The molecule has 19 heavy (non-hydrogen) atoms. The Kier molecular flexibility index (Phi) is 4.94. The third-order valence-corrected chi connectivity index (χ3v) is 2.71. The Morgan fingerprint density at radius 1 is 1.26 bits per heavy atom. The van der Waals surface area contributed by atoms with Crippen molar-refractivity contribution >= 4 is 5.91 Å². The summed E-state index contributed by atoms with van der Waals surface area (Å²) in [4.78, 5) is 11.4. The first-order valence-electron chi connectivity index (χ1n) is 5.91. The van der Waals surface area contributed by atoms with Crippen LogP contribution in [0.1, 0.15) is 30.9 Å². The van der Waals surface area contributed by atoms with Gasteiger partial charge in [-0.2, -0.15) is 13.2 Å². The number of hydrogen-bond acceptors (Lipinski definition) is 2. The molecule has 0 saturated carbocycles. The van der Waals surface area contributed by atoms with Crippen molar-refractivity contribution in [2.75, 3.05) is 6.54 Å². The van der Waals surface area contributed by atoms with Crippen LogP contribution in [-0.2, 0) is 11.0 Å². The first kappa shape index (κ1) is 15.5. The molecule has 1 unspecified atom stereocenters. The smallest absolute Gasteiger partial charge is 0.369 e. The first-order valence-corrected chi connectivity index (χ1v) is 5.91. The van der Waals surface area contributed by atoms with Gasteiger partial charge in [-0.25, -0.2) is 0 Å². The Morgan fingerprint density at radius 2 is 1.79 bits per heavy atom. The second-order valence-electron chi connectivity index (χ2n) is 4.64. The number of rotatable bonds is 5. The van der Waals surface area contributed by atoms with Crippen molar-refractivity contribution in [2.45, 2.75) is 32.0 Å². The SMILES string of the molecule is CC(C)NCC(C(N)=O)c1ccc(C(F)(F)F)cc1. The van der Waals surface area contributed by atoms with Gasteiger partial charge in [0.15, 0.2) is 0 Å². The largest absolute Gasteiger partial charge is 0.416 e. The van der Waals surface area contributed by atoms with E-state index in [-0.39, 0.29) is 6.04 Å². The maximum Gasteiger partial charge on any atom is 0.416 e. The summed E-state index contributed by atoms with van der Waals surface area (Å²) in [5.41, 5.74) is 5.02. The minimum absolute atomic E-state index is 0.163. The second kappa shape index (κ2) is 6.06. The van der Waals surface area contributed by atoms with E-state index in [0.29, 0.717) is 12.1 Å². The zero-order valence-electron chi connectivity index (χ0n) is 10.8. The number of nitrogens with two attached hydrogens (primary N) is 1. The Labute approximate surface area is 110 Å². The molecule has 0 aromatic heterocycles. The molecule has 0 aliphatic carbocycles. The Bertz CT molecular complexity index is 427. The summed E-state index contributed by atoms with van der Waals surface area (Å²) in [5, 5.41) is 3.05. The molecule has 6 heteroatoms. The summed E-state index contributed by atoms with van der Waals surface area (Å²) >= 11 is 0. The molecular formula is C13H17F3N2O. The number of benzene rings is 1. The lowest BCUT2D eigenvalue weighted by Crippen LogP contribution is -2.34. The van der Waals surface area contributed by atoms with Crippen LogP contribution in [0, 0.1) is 0 Å². The van der Waals surface area contributed by atoms with Gasteiger partial charge in [-0.05, 0) is 17.7 Å². The maximum absolute atomic E-state index is 12.4. The minimum Gasteiger partial charge on any atom is -0.369 e. The van der Waals surface area contributed by atoms with Gasteiger partial charge < -0.3 is 11.1 Å². The molecule has 0 saturated heterocycles. The van der Waals surface area contributed by atoms with E-state index in [1.807, 2.05) is 13.8 Å². The summed E-state index contributed by atoms with van der Waals surface area (Å²) in [5.74, 6) is -1.20. The summed E-state index contributed by atoms with van der Waals surface area (Å²) in [7, 11) is 0. The van der Waals surface area contributed by atoms with Crippen LogP contribution in [0.5, 0.6) is 0 Å². The highest BCUT2D eigenvalue weighted by Gasteiger charge is 2.30. The predicted octanol–water partition coefficient (Wildman–Crippen LogP) is 2.27. The maximum atomic E-state index is 12.4. The Morgan fingerprint density at radius 3 is 2.16 bits per heavy atom. The van der Waals surface area contributed by atoms with Gasteiger partial charge in [0.25, 0.3) is 0 Å². The summed E-state index contributed by atoms with van der Waals surface area (Å²) < 4.78 is 37.3. The first-order chi connectivity index (χ1) is 8.71. The molecule has 0 fully saturated rings. The number of alkyl halides is 3. The topological polar surface area (TPSA) is 55.1 Å². The lowest BCUT2D eigenvalue weighted by molar-refractivity contribution is -0.137. The number of halogens is 3. The summed E-state index contributed by atoms with van der Waals surface area (Å²) in [6.45, 7) is 4.12. The second-order valence-corrected chi connectivity index (χ2v) is 4.64. The van der Waals surface area contributed by atoms with Gasteiger partial charge in [0.1, 0.15) is 0 Å². The minimum atomic E-state index is -4.38. The molecule has 0 bridgehead atoms. The van der Waals surface area contributed by atoms with Crippen LogP contribution in [0.3, 0.4) is 0 Å². The highest BCUT2D eigenvalue weighted by molar-refractivity contribution is 5.82. The van der Waals surface area contributed by atoms with Gasteiger partial charge in [0, 0.05) is 12.6 Å². The fraction of sp³-hybridized carbons (Fsp3) is 0.462. The lowest BCUT2D eigenvalue weighted by Gasteiger charge is -2.17. The molecule has 106 valence electrons. The predicted molar refractivity (Wildman–Crippen MR) is 66.5 cm³/mol. The van der Waals surface area contributed by atoms with E-state index in [4.69, 9.17) is 5.73 Å². The molecule has 0 aliphatic rings. The van der Waals surface area contributed by atoms with Crippen LogP contribution >= 0.6 is 0 Å². The van der Waals surface area contributed by atoms with Crippen LogP contribution in [0.15, 0.2) is 24.3 Å². The van der Waals surface area contributed by atoms with Crippen molar-refractivity contribution in [3.05, 3.63) is 35.4 Å². The van der Waals surface area contributed by atoms with E-state index in [1.165, 1.54) is 12.1 Å². The van der Waals surface area contributed by atoms with Gasteiger partial charge >= 0.3 is 6.18 Å².